The number of aliphatic hydroxyl groups is 1. The highest BCUT2D eigenvalue weighted by molar-refractivity contribution is 8.00. The smallest absolute Gasteiger partial charge is 0.271 e. The van der Waals surface area contributed by atoms with E-state index in [1.54, 1.807) is 6.07 Å². The molecule has 0 spiro atoms. The van der Waals surface area contributed by atoms with Gasteiger partial charge in [-0.15, -0.1) is 0 Å². The van der Waals surface area contributed by atoms with Crippen LogP contribution in [0.25, 0.3) is 5.76 Å². The maximum absolute atomic E-state index is 11.0. The van der Waals surface area contributed by atoms with Gasteiger partial charge in [0.2, 0.25) is 17.2 Å². The molecule has 2 aromatic carbocycles. The molecule has 0 bridgehead atoms. The lowest BCUT2D eigenvalue weighted by molar-refractivity contribution is -0.124. The summed E-state index contributed by atoms with van der Waals surface area (Å²) < 4.78 is 2.49. The van der Waals surface area contributed by atoms with Gasteiger partial charge < -0.3 is 35.4 Å². The summed E-state index contributed by atoms with van der Waals surface area (Å²) in [6.45, 7) is 0. The minimum atomic E-state index is -1.07. The van der Waals surface area contributed by atoms with E-state index in [1.165, 1.54) is 23.7 Å². The van der Waals surface area contributed by atoms with Gasteiger partial charge in [-0.2, -0.15) is 0 Å². The van der Waals surface area contributed by atoms with Gasteiger partial charge in [0, 0.05) is 16.5 Å². The number of aromatic hydroxyl groups is 5. The number of carbonyl (C=O) groups is 1. The quantitative estimate of drug-likeness (QED) is 0.0702. The van der Waals surface area contributed by atoms with E-state index in [-0.39, 0.29) is 5.56 Å². The van der Waals surface area contributed by atoms with Crippen LogP contribution in [0.5, 0.6) is 28.7 Å². The number of phenols is 5. The van der Waals surface area contributed by atoms with Crippen LogP contribution in [0.15, 0.2) is 35.2 Å². The minimum absolute atomic E-state index is 0.227. The number of hydrogen-bond donors (Lipinski definition) is 9. The fourth-order valence-corrected chi connectivity index (χ4v) is 2.60. The number of amides is 1. The third-order valence-electron chi connectivity index (χ3n) is 3.15. The normalized spacial score (nSPS) is 11.2. The van der Waals surface area contributed by atoms with Crippen LogP contribution in [-0.2, 0) is 4.79 Å². The molecule has 0 aliphatic rings. The number of anilines is 1. The third-order valence-corrected chi connectivity index (χ3v) is 3.95. The molecule has 11 heteroatoms. The zero-order chi connectivity index (χ0) is 19.4. The van der Waals surface area contributed by atoms with Crippen LogP contribution >= 0.6 is 11.9 Å². The second-order valence-electron chi connectivity index (χ2n) is 4.86. The van der Waals surface area contributed by atoms with Crippen molar-refractivity contribution in [1.82, 2.24) is 5.48 Å². The lowest BCUT2D eigenvalue weighted by atomic mass is 10.2. The molecule has 10 nitrogen and oxygen atoms in total. The molecular formula is C15H14N2O8S. The van der Waals surface area contributed by atoms with Gasteiger partial charge in [-0.3, -0.25) is 10.0 Å². The minimum Gasteiger partial charge on any atom is -0.507 e. The van der Waals surface area contributed by atoms with E-state index in [4.69, 9.17) is 5.21 Å². The summed E-state index contributed by atoms with van der Waals surface area (Å²) in [7, 11) is 0. The fourth-order valence-electron chi connectivity index (χ4n) is 1.85. The Morgan fingerprint density at radius 1 is 0.962 bits per heavy atom. The first kappa shape index (κ1) is 18.9. The van der Waals surface area contributed by atoms with Crippen LogP contribution in [0.2, 0.25) is 0 Å². The summed E-state index contributed by atoms with van der Waals surface area (Å²) in [5.74, 6) is -6.24. The van der Waals surface area contributed by atoms with Crippen LogP contribution in [-0.4, -0.2) is 41.8 Å². The van der Waals surface area contributed by atoms with Gasteiger partial charge in [-0.1, -0.05) is 12.1 Å². The van der Waals surface area contributed by atoms with Gasteiger partial charge in [0.05, 0.1) is 0 Å². The Kier molecular flexibility index (Phi) is 5.54. The molecule has 2 aromatic rings. The van der Waals surface area contributed by atoms with Crippen molar-refractivity contribution in [1.29, 1.82) is 0 Å². The molecule has 0 saturated heterocycles. The summed E-state index contributed by atoms with van der Waals surface area (Å²) in [4.78, 5) is 11.5. The van der Waals surface area contributed by atoms with Gasteiger partial charge >= 0.3 is 0 Å². The van der Waals surface area contributed by atoms with Gasteiger partial charge in [0.25, 0.3) is 5.91 Å². The Morgan fingerprint density at radius 3 is 2.12 bits per heavy atom. The summed E-state index contributed by atoms with van der Waals surface area (Å²) in [6, 6.07) is 6.02. The molecule has 0 radical (unpaired) electrons. The van der Waals surface area contributed by atoms with Crippen LogP contribution in [0.4, 0.5) is 5.69 Å². The number of benzene rings is 2. The summed E-state index contributed by atoms with van der Waals surface area (Å²) in [6.07, 6.45) is 0.755. The standard InChI is InChI=1S/C15H14N2O8S/c18-8(5-9(19)16-25)6-2-1-3-7(4-6)26-17-10-11(20)13(22)15(24)14(23)12(10)21/h1-5,17-18,20-25H,(H,16,19)/b8-5-. The Balaban J connectivity index is 2.26. The molecule has 0 aromatic heterocycles. The second kappa shape index (κ2) is 7.63. The third kappa shape index (κ3) is 3.79. The summed E-state index contributed by atoms with van der Waals surface area (Å²) >= 11 is 0.819. The molecular weight excluding hydrogens is 368 g/mol. The largest absolute Gasteiger partial charge is 0.507 e. The number of rotatable bonds is 5. The van der Waals surface area contributed by atoms with E-state index in [0.717, 1.165) is 18.0 Å². The van der Waals surface area contributed by atoms with E-state index in [0.29, 0.717) is 4.90 Å². The van der Waals surface area contributed by atoms with Crippen molar-refractivity contribution in [2.45, 2.75) is 4.90 Å². The number of hydroxylamine groups is 1. The summed E-state index contributed by atoms with van der Waals surface area (Å²) in [5, 5.41) is 66.1. The van der Waals surface area contributed by atoms with Gasteiger partial charge in [0.1, 0.15) is 11.4 Å². The van der Waals surface area contributed by atoms with Crippen molar-refractivity contribution in [3.63, 3.8) is 0 Å². The molecule has 0 heterocycles. The first-order valence-corrected chi connectivity index (χ1v) is 7.64. The Bertz CT molecular complexity index is 855. The number of nitrogens with one attached hydrogen (secondary N) is 2. The average molecular weight is 382 g/mol. The lowest BCUT2D eigenvalue weighted by Gasteiger charge is -2.13. The fraction of sp³-hybridized carbons (Fsp3) is 0. The maximum Gasteiger partial charge on any atom is 0.271 e. The predicted octanol–water partition coefficient (Wildman–Crippen LogP) is 1.74. The molecule has 2 rings (SSSR count). The predicted molar refractivity (Wildman–Crippen MR) is 91.2 cm³/mol. The molecule has 0 atom stereocenters. The topological polar surface area (TPSA) is 183 Å². The lowest BCUT2D eigenvalue weighted by Crippen LogP contribution is -2.15. The zero-order valence-electron chi connectivity index (χ0n) is 12.8. The maximum atomic E-state index is 11.0. The van der Waals surface area contributed by atoms with E-state index in [1.807, 2.05) is 0 Å². The molecule has 1 amide bonds. The van der Waals surface area contributed by atoms with Crippen molar-refractivity contribution >= 4 is 29.3 Å². The highest BCUT2D eigenvalue weighted by atomic mass is 32.2. The van der Waals surface area contributed by atoms with Crippen molar-refractivity contribution in [3.05, 3.63) is 35.9 Å². The molecule has 0 aliphatic heterocycles. The number of carbonyl (C=O) groups excluding carboxylic acids is 1. The molecule has 9 N–H and O–H groups in total. The number of phenolic OH excluding ortho intramolecular Hbond substituents is 5. The average Bonchev–Trinajstić information content (AvgIpc) is 2.64. The van der Waals surface area contributed by atoms with Crippen LogP contribution in [0.1, 0.15) is 5.56 Å². The monoisotopic (exact) mass is 382 g/mol. The second-order valence-corrected chi connectivity index (χ2v) is 5.74. The Hall–Kier alpha value is -3.44. The highest BCUT2D eigenvalue weighted by Crippen LogP contribution is 2.54. The highest BCUT2D eigenvalue weighted by Gasteiger charge is 2.23. The summed E-state index contributed by atoms with van der Waals surface area (Å²) in [5.41, 5.74) is 1.11. The molecule has 0 fully saturated rings. The molecule has 0 unspecified atom stereocenters. The SMILES string of the molecule is O=C(/C=C(\O)c1cccc(SNc2c(O)c(O)c(O)c(O)c2O)c1)NO. The van der Waals surface area contributed by atoms with Crippen molar-refractivity contribution < 1.29 is 40.6 Å². The van der Waals surface area contributed by atoms with E-state index in [9.17, 15) is 35.4 Å². The molecule has 0 saturated carbocycles. The van der Waals surface area contributed by atoms with Gasteiger partial charge in [0.15, 0.2) is 11.5 Å². The molecule has 26 heavy (non-hydrogen) atoms. The van der Waals surface area contributed by atoms with Crippen molar-refractivity contribution in [2.24, 2.45) is 0 Å². The van der Waals surface area contributed by atoms with Crippen molar-refractivity contribution in [3.8, 4) is 28.7 Å². The zero-order valence-corrected chi connectivity index (χ0v) is 13.7. The van der Waals surface area contributed by atoms with Crippen LogP contribution < -0.4 is 10.2 Å². The van der Waals surface area contributed by atoms with E-state index < -0.39 is 46.1 Å². The molecule has 138 valence electrons. The Labute approximate surface area is 150 Å². The molecule has 0 aliphatic carbocycles. The van der Waals surface area contributed by atoms with Crippen LogP contribution in [0.3, 0.4) is 0 Å². The van der Waals surface area contributed by atoms with E-state index in [2.05, 4.69) is 4.72 Å². The first-order valence-electron chi connectivity index (χ1n) is 6.83. The van der Waals surface area contributed by atoms with Crippen molar-refractivity contribution in [2.75, 3.05) is 4.72 Å². The number of hydrogen-bond acceptors (Lipinski definition) is 10. The number of aliphatic hydroxyl groups excluding tert-OH is 1. The van der Waals surface area contributed by atoms with Gasteiger partial charge in [-0.05, 0) is 24.1 Å². The van der Waals surface area contributed by atoms with Gasteiger partial charge in [-0.25, -0.2) is 5.48 Å². The van der Waals surface area contributed by atoms with E-state index >= 15 is 0 Å². The first-order chi connectivity index (χ1) is 12.3. The Morgan fingerprint density at radius 2 is 1.54 bits per heavy atom. The van der Waals surface area contributed by atoms with Crippen LogP contribution in [0, 0.1) is 0 Å².